The van der Waals surface area contributed by atoms with Crippen molar-refractivity contribution in [3.63, 3.8) is 0 Å². The first kappa shape index (κ1) is 14.2. The van der Waals surface area contributed by atoms with Crippen molar-refractivity contribution in [3.8, 4) is 5.75 Å². The molecule has 0 unspecified atom stereocenters. The Morgan fingerprint density at radius 3 is 2.43 bits per heavy atom. The molecule has 0 aromatic heterocycles. The van der Waals surface area contributed by atoms with E-state index in [2.05, 4.69) is 10.2 Å². The Labute approximate surface area is 125 Å². The van der Waals surface area contributed by atoms with Crippen LogP contribution in [0.5, 0.6) is 5.75 Å². The molecule has 1 N–H and O–H groups in total. The van der Waals surface area contributed by atoms with Gasteiger partial charge in [0.25, 0.3) is 0 Å². The predicted octanol–water partition coefficient (Wildman–Crippen LogP) is 2.40. The van der Waals surface area contributed by atoms with Gasteiger partial charge in [0.2, 0.25) is 0 Å². The summed E-state index contributed by atoms with van der Waals surface area (Å²) in [6, 6.07) is 7.97. The Morgan fingerprint density at radius 2 is 1.81 bits per heavy atom. The molecular formula is C16H23N3O2. The van der Waals surface area contributed by atoms with Crippen LogP contribution in [0.25, 0.3) is 0 Å². The minimum absolute atomic E-state index is 0.00609. The number of benzene rings is 1. The van der Waals surface area contributed by atoms with Gasteiger partial charge in [-0.3, -0.25) is 4.90 Å². The van der Waals surface area contributed by atoms with Crippen LogP contribution in [0, 0.1) is 0 Å². The molecule has 5 heteroatoms. The predicted molar refractivity (Wildman–Crippen MR) is 82.8 cm³/mol. The van der Waals surface area contributed by atoms with E-state index in [0.717, 1.165) is 24.5 Å². The molecule has 2 aliphatic heterocycles. The summed E-state index contributed by atoms with van der Waals surface area (Å²) in [4.78, 5) is 16.5. The van der Waals surface area contributed by atoms with Gasteiger partial charge < -0.3 is 15.0 Å². The van der Waals surface area contributed by atoms with Crippen molar-refractivity contribution in [1.82, 2.24) is 9.80 Å². The fourth-order valence-corrected chi connectivity index (χ4v) is 3.01. The number of nitrogens with zero attached hydrogens (tertiary/aromatic N) is 2. The van der Waals surface area contributed by atoms with E-state index in [-0.39, 0.29) is 6.03 Å². The van der Waals surface area contributed by atoms with Crippen molar-refractivity contribution in [2.45, 2.75) is 25.3 Å². The molecule has 0 radical (unpaired) electrons. The summed E-state index contributed by atoms with van der Waals surface area (Å²) < 4.78 is 5.11. The molecule has 3 rings (SSSR count). The van der Waals surface area contributed by atoms with Gasteiger partial charge in [-0.25, -0.2) is 4.79 Å². The third kappa shape index (κ3) is 3.29. The number of hydrogen-bond acceptors (Lipinski definition) is 3. The first-order chi connectivity index (χ1) is 10.3. The smallest absolute Gasteiger partial charge is 0.321 e. The number of carbonyl (C=O) groups is 1. The van der Waals surface area contributed by atoms with Gasteiger partial charge >= 0.3 is 6.03 Å². The van der Waals surface area contributed by atoms with Crippen molar-refractivity contribution in [1.29, 1.82) is 0 Å². The summed E-state index contributed by atoms with van der Waals surface area (Å²) >= 11 is 0. The molecule has 0 atom stereocenters. The van der Waals surface area contributed by atoms with Crippen LogP contribution in [0.1, 0.15) is 19.3 Å². The maximum atomic E-state index is 12.1. The maximum Gasteiger partial charge on any atom is 0.321 e. The molecule has 0 aliphatic carbocycles. The number of anilines is 1. The summed E-state index contributed by atoms with van der Waals surface area (Å²) in [5.41, 5.74) is 0.808. The topological polar surface area (TPSA) is 44.8 Å². The van der Waals surface area contributed by atoms with E-state index in [1.807, 2.05) is 29.2 Å². The SMILES string of the molecule is COc1ccc(NC(=O)N2CC(N3CCCCC3)C2)cc1. The number of methoxy groups -OCH3 is 1. The summed E-state index contributed by atoms with van der Waals surface area (Å²) in [7, 11) is 1.63. The second kappa shape index (κ2) is 6.35. The highest BCUT2D eigenvalue weighted by Crippen LogP contribution is 2.21. The van der Waals surface area contributed by atoms with Crippen molar-refractivity contribution < 1.29 is 9.53 Å². The molecule has 21 heavy (non-hydrogen) atoms. The van der Waals surface area contributed by atoms with E-state index in [0.29, 0.717) is 6.04 Å². The van der Waals surface area contributed by atoms with Gasteiger partial charge in [0, 0.05) is 24.8 Å². The van der Waals surface area contributed by atoms with Crippen LogP contribution in [-0.4, -0.2) is 55.2 Å². The average Bonchev–Trinajstić information content (AvgIpc) is 2.47. The first-order valence-electron chi connectivity index (χ1n) is 7.70. The highest BCUT2D eigenvalue weighted by atomic mass is 16.5. The van der Waals surface area contributed by atoms with Crippen LogP contribution in [0.2, 0.25) is 0 Å². The van der Waals surface area contributed by atoms with E-state index in [4.69, 9.17) is 4.74 Å². The molecule has 1 aromatic rings. The number of amides is 2. The molecule has 1 aromatic carbocycles. The molecule has 2 heterocycles. The lowest BCUT2D eigenvalue weighted by atomic mass is 10.0. The molecule has 0 bridgehead atoms. The number of likely N-dealkylation sites (tertiary alicyclic amines) is 2. The molecule has 2 fully saturated rings. The quantitative estimate of drug-likeness (QED) is 0.929. The molecule has 0 saturated carbocycles. The molecule has 2 amide bonds. The fourth-order valence-electron chi connectivity index (χ4n) is 3.01. The second-order valence-electron chi connectivity index (χ2n) is 5.81. The van der Waals surface area contributed by atoms with Crippen LogP contribution in [0.15, 0.2) is 24.3 Å². The Hall–Kier alpha value is -1.75. The van der Waals surface area contributed by atoms with Gasteiger partial charge in [-0.15, -0.1) is 0 Å². The number of ether oxygens (including phenoxy) is 1. The summed E-state index contributed by atoms with van der Waals surface area (Å²) in [6.07, 6.45) is 3.95. The molecule has 2 saturated heterocycles. The van der Waals surface area contributed by atoms with E-state index in [1.54, 1.807) is 7.11 Å². The monoisotopic (exact) mass is 289 g/mol. The third-order valence-electron chi connectivity index (χ3n) is 4.40. The van der Waals surface area contributed by atoms with Gasteiger partial charge in [0.1, 0.15) is 5.75 Å². The van der Waals surface area contributed by atoms with Gasteiger partial charge in [0.15, 0.2) is 0 Å². The largest absolute Gasteiger partial charge is 0.497 e. The van der Waals surface area contributed by atoms with Crippen LogP contribution in [0.3, 0.4) is 0 Å². The van der Waals surface area contributed by atoms with E-state index < -0.39 is 0 Å². The lowest BCUT2D eigenvalue weighted by Crippen LogP contribution is -2.62. The van der Waals surface area contributed by atoms with Crippen molar-refractivity contribution in [2.24, 2.45) is 0 Å². The van der Waals surface area contributed by atoms with Gasteiger partial charge in [0.05, 0.1) is 7.11 Å². The minimum Gasteiger partial charge on any atom is -0.497 e. The van der Waals surface area contributed by atoms with E-state index in [9.17, 15) is 4.79 Å². The van der Waals surface area contributed by atoms with Gasteiger partial charge in [-0.1, -0.05) is 6.42 Å². The van der Waals surface area contributed by atoms with Gasteiger partial charge in [-0.2, -0.15) is 0 Å². The van der Waals surface area contributed by atoms with E-state index >= 15 is 0 Å². The summed E-state index contributed by atoms with van der Waals surface area (Å²) in [6.45, 7) is 4.08. The molecule has 2 aliphatic rings. The number of hydrogen-bond donors (Lipinski definition) is 1. The fraction of sp³-hybridized carbons (Fsp3) is 0.562. The zero-order chi connectivity index (χ0) is 14.7. The number of rotatable bonds is 3. The minimum atomic E-state index is -0.00609. The molecule has 5 nitrogen and oxygen atoms in total. The van der Waals surface area contributed by atoms with Crippen molar-refractivity contribution in [2.75, 3.05) is 38.6 Å². The van der Waals surface area contributed by atoms with Crippen LogP contribution >= 0.6 is 0 Å². The number of urea groups is 1. The average molecular weight is 289 g/mol. The second-order valence-corrected chi connectivity index (χ2v) is 5.81. The Bertz CT molecular complexity index is 477. The van der Waals surface area contributed by atoms with Gasteiger partial charge in [-0.05, 0) is 50.2 Å². The zero-order valence-corrected chi connectivity index (χ0v) is 12.5. The highest BCUT2D eigenvalue weighted by molar-refractivity contribution is 5.90. The van der Waals surface area contributed by atoms with Crippen LogP contribution in [0.4, 0.5) is 10.5 Å². The molecule has 0 spiro atoms. The Balaban J connectivity index is 1.46. The lowest BCUT2D eigenvalue weighted by molar-refractivity contribution is 0.0493. The summed E-state index contributed by atoms with van der Waals surface area (Å²) in [5.74, 6) is 0.794. The summed E-state index contributed by atoms with van der Waals surface area (Å²) in [5, 5.41) is 2.93. The third-order valence-corrected chi connectivity index (χ3v) is 4.40. The first-order valence-corrected chi connectivity index (χ1v) is 7.70. The highest BCUT2D eigenvalue weighted by Gasteiger charge is 2.35. The molecule has 114 valence electrons. The lowest BCUT2D eigenvalue weighted by Gasteiger charge is -2.46. The maximum absolute atomic E-state index is 12.1. The standard InChI is InChI=1S/C16H23N3O2/c1-21-15-7-5-13(6-8-15)17-16(20)19-11-14(12-19)18-9-3-2-4-10-18/h5-8,14H,2-4,9-12H2,1H3,(H,17,20). The van der Waals surface area contributed by atoms with Crippen LogP contribution in [-0.2, 0) is 0 Å². The number of nitrogens with one attached hydrogen (secondary N) is 1. The number of piperidine rings is 1. The van der Waals surface area contributed by atoms with Crippen molar-refractivity contribution in [3.05, 3.63) is 24.3 Å². The Kier molecular flexibility index (Phi) is 4.29. The normalized spacial score (nSPS) is 20.0. The Morgan fingerprint density at radius 1 is 1.14 bits per heavy atom. The zero-order valence-electron chi connectivity index (χ0n) is 12.5. The van der Waals surface area contributed by atoms with Crippen molar-refractivity contribution >= 4 is 11.7 Å². The van der Waals surface area contributed by atoms with Crippen LogP contribution < -0.4 is 10.1 Å². The van der Waals surface area contributed by atoms with E-state index in [1.165, 1.54) is 32.4 Å². The number of carbonyl (C=O) groups excluding carboxylic acids is 1. The molecular weight excluding hydrogens is 266 g/mol.